The Kier molecular flexibility index (Phi) is 3.73. The van der Waals surface area contributed by atoms with Gasteiger partial charge in [-0.05, 0) is 35.4 Å². The van der Waals surface area contributed by atoms with Crippen LogP contribution < -0.4 is 5.32 Å². The Morgan fingerprint density at radius 3 is 2.69 bits per heavy atom. The predicted octanol–water partition coefficient (Wildman–Crippen LogP) is 3.51. The number of hydrogen-bond donors (Lipinski definition) is 1. The molecule has 16 heavy (non-hydrogen) atoms. The summed E-state index contributed by atoms with van der Waals surface area (Å²) in [5.41, 5.74) is 1.34. The van der Waals surface area contributed by atoms with Crippen LogP contribution in [0.25, 0.3) is 10.8 Å². The summed E-state index contributed by atoms with van der Waals surface area (Å²) in [7, 11) is 0. The minimum Gasteiger partial charge on any atom is -0.312 e. The van der Waals surface area contributed by atoms with Gasteiger partial charge in [0.2, 0.25) is 0 Å². The highest BCUT2D eigenvalue weighted by molar-refractivity contribution is 5.82. The maximum Gasteiger partial charge on any atom is 0.0205 e. The Morgan fingerprint density at radius 2 is 1.88 bits per heavy atom. The standard InChI is InChI=1S/C15H17N/c1-2-3-10-16-12-13-8-9-14-6-4-5-7-15(14)11-13/h2,4-9,11,16H,1,3,10,12H2. The van der Waals surface area contributed by atoms with E-state index in [1.165, 1.54) is 16.3 Å². The molecule has 0 atom stereocenters. The van der Waals surface area contributed by atoms with E-state index in [2.05, 4.69) is 54.4 Å². The Hall–Kier alpha value is -1.60. The zero-order valence-corrected chi connectivity index (χ0v) is 9.45. The average molecular weight is 211 g/mol. The third-order valence-corrected chi connectivity index (χ3v) is 2.67. The SMILES string of the molecule is C=CCCNCc1ccc2ccccc2c1. The third kappa shape index (κ3) is 2.71. The third-order valence-electron chi connectivity index (χ3n) is 2.67. The highest BCUT2D eigenvalue weighted by Gasteiger charge is 1.95. The molecule has 0 saturated heterocycles. The summed E-state index contributed by atoms with van der Waals surface area (Å²) >= 11 is 0. The lowest BCUT2D eigenvalue weighted by molar-refractivity contribution is 0.696. The number of rotatable bonds is 5. The van der Waals surface area contributed by atoms with Gasteiger partial charge in [0.25, 0.3) is 0 Å². The van der Waals surface area contributed by atoms with Crippen molar-refractivity contribution in [2.75, 3.05) is 6.54 Å². The molecule has 0 aliphatic carbocycles. The molecule has 1 nitrogen and oxygen atoms in total. The van der Waals surface area contributed by atoms with Crippen LogP contribution in [0.3, 0.4) is 0 Å². The molecule has 0 amide bonds. The Morgan fingerprint density at radius 1 is 1.06 bits per heavy atom. The van der Waals surface area contributed by atoms with Crippen LogP contribution in [0.4, 0.5) is 0 Å². The van der Waals surface area contributed by atoms with Gasteiger partial charge in [-0.15, -0.1) is 6.58 Å². The van der Waals surface area contributed by atoms with Crippen molar-refractivity contribution in [1.29, 1.82) is 0 Å². The molecular weight excluding hydrogens is 194 g/mol. The van der Waals surface area contributed by atoms with E-state index in [4.69, 9.17) is 0 Å². The molecule has 2 aromatic carbocycles. The van der Waals surface area contributed by atoms with Gasteiger partial charge in [-0.2, -0.15) is 0 Å². The van der Waals surface area contributed by atoms with Crippen LogP contribution in [-0.4, -0.2) is 6.54 Å². The molecule has 0 aliphatic heterocycles. The normalized spacial score (nSPS) is 10.5. The van der Waals surface area contributed by atoms with Crippen LogP contribution in [0, 0.1) is 0 Å². The molecule has 1 heteroatoms. The Balaban J connectivity index is 2.05. The number of hydrogen-bond acceptors (Lipinski definition) is 1. The van der Waals surface area contributed by atoms with Gasteiger partial charge in [0.1, 0.15) is 0 Å². The van der Waals surface area contributed by atoms with Gasteiger partial charge in [0.05, 0.1) is 0 Å². The van der Waals surface area contributed by atoms with E-state index in [0.717, 1.165) is 19.5 Å². The summed E-state index contributed by atoms with van der Waals surface area (Å²) in [6.07, 6.45) is 2.96. The average Bonchev–Trinajstić information content (AvgIpc) is 2.34. The van der Waals surface area contributed by atoms with Gasteiger partial charge in [-0.3, -0.25) is 0 Å². The number of benzene rings is 2. The van der Waals surface area contributed by atoms with Crippen molar-refractivity contribution in [2.24, 2.45) is 0 Å². The van der Waals surface area contributed by atoms with Gasteiger partial charge in [0, 0.05) is 6.54 Å². The van der Waals surface area contributed by atoms with Crippen LogP contribution in [0.2, 0.25) is 0 Å². The van der Waals surface area contributed by atoms with Crippen molar-refractivity contribution in [3.8, 4) is 0 Å². The van der Waals surface area contributed by atoms with Crippen molar-refractivity contribution >= 4 is 10.8 Å². The van der Waals surface area contributed by atoms with E-state index < -0.39 is 0 Å². The minimum atomic E-state index is 0.929. The molecule has 0 radical (unpaired) electrons. The van der Waals surface area contributed by atoms with Gasteiger partial charge in [-0.1, -0.05) is 42.5 Å². The number of fused-ring (bicyclic) bond motifs is 1. The lowest BCUT2D eigenvalue weighted by Crippen LogP contribution is -2.13. The molecular formula is C15H17N. The maximum absolute atomic E-state index is 3.71. The van der Waals surface area contributed by atoms with E-state index in [0.29, 0.717) is 0 Å². The summed E-state index contributed by atoms with van der Waals surface area (Å²) in [4.78, 5) is 0. The van der Waals surface area contributed by atoms with Gasteiger partial charge >= 0.3 is 0 Å². The first kappa shape index (κ1) is 10.9. The van der Waals surface area contributed by atoms with E-state index >= 15 is 0 Å². The fourth-order valence-electron chi connectivity index (χ4n) is 1.79. The smallest absolute Gasteiger partial charge is 0.0205 e. The van der Waals surface area contributed by atoms with E-state index in [1.54, 1.807) is 0 Å². The fraction of sp³-hybridized carbons (Fsp3) is 0.200. The highest BCUT2D eigenvalue weighted by Crippen LogP contribution is 2.15. The summed E-state index contributed by atoms with van der Waals surface area (Å²) in [5.74, 6) is 0. The number of nitrogens with one attached hydrogen (secondary N) is 1. The maximum atomic E-state index is 3.71. The molecule has 0 spiro atoms. The first-order chi connectivity index (χ1) is 7.90. The second-order valence-electron chi connectivity index (χ2n) is 3.94. The summed E-state index contributed by atoms with van der Waals surface area (Å²) < 4.78 is 0. The largest absolute Gasteiger partial charge is 0.312 e. The van der Waals surface area contributed by atoms with Crippen molar-refractivity contribution in [3.63, 3.8) is 0 Å². The van der Waals surface area contributed by atoms with Gasteiger partial charge in [-0.25, -0.2) is 0 Å². The molecule has 0 aromatic heterocycles. The van der Waals surface area contributed by atoms with Crippen LogP contribution in [0.15, 0.2) is 55.1 Å². The Bertz CT molecular complexity index is 474. The minimum absolute atomic E-state index is 0.929. The monoisotopic (exact) mass is 211 g/mol. The molecule has 0 unspecified atom stereocenters. The lowest BCUT2D eigenvalue weighted by Gasteiger charge is -2.05. The molecule has 0 heterocycles. The summed E-state index contributed by atoms with van der Waals surface area (Å²) in [6, 6.07) is 15.1. The molecule has 0 fully saturated rings. The molecule has 2 rings (SSSR count). The van der Waals surface area contributed by atoms with Crippen LogP contribution in [-0.2, 0) is 6.54 Å². The molecule has 1 N–H and O–H groups in total. The molecule has 0 bridgehead atoms. The zero-order valence-electron chi connectivity index (χ0n) is 9.45. The molecule has 82 valence electrons. The molecule has 2 aromatic rings. The highest BCUT2D eigenvalue weighted by atomic mass is 14.8. The second-order valence-corrected chi connectivity index (χ2v) is 3.94. The first-order valence-electron chi connectivity index (χ1n) is 5.69. The van der Waals surface area contributed by atoms with Crippen molar-refractivity contribution in [2.45, 2.75) is 13.0 Å². The fourth-order valence-corrected chi connectivity index (χ4v) is 1.79. The van der Waals surface area contributed by atoms with Gasteiger partial charge in [0.15, 0.2) is 0 Å². The summed E-state index contributed by atoms with van der Waals surface area (Å²) in [6.45, 7) is 5.63. The van der Waals surface area contributed by atoms with Crippen LogP contribution in [0.1, 0.15) is 12.0 Å². The van der Waals surface area contributed by atoms with Crippen molar-refractivity contribution in [1.82, 2.24) is 5.32 Å². The zero-order chi connectivity index (χ0) is 11.2. The van der Waals surface area contributed by atoms with Crippen molar-refractivity contribution in [3.05, 3.63) is 60.7 Å². The van der Waals surface area contributed by atoms with Crippen LogP contribution in [0.5, 0.6) is 0 Å². The van der Waals surface area contributed by atoms with Crippen molar-refractivity contribution < 1.29 is 0 Å². The summed E-state index contributed by atoms with van der Waals surface area (Å²) in [5, 5.41) is 6.01. The van der Waals surface area contributed by atoms with E-state index in [-0.39, 0.29) is 0 Å². The lowest BCUT2D eigenvalue weighted by atomic mass is 10.1. The molecule has 0 saturated carbocycles. The predicted molar refractivity (Wildman–Crippen MR) is 70.5 cm³/mol. The quantitative estimate of drug-likeness (QED) is 0.589. The second kappa shape index (κ2) is 5.47. The van der Waals surface area contributed by atoms with Gasteiger partial charge < -0.3 is 5.32 Å². The topological polar surface area (TPSA) is 12.0 Å². The van der Waals surface area contributed by atoms with E-state index in [9.17, 15) is 0 Å². The van der Waals surface area contributed by atoms with E-state index in [1.807, 2.05) is 6.08 Å². The Labute approximate surface area is 96.8 Å². The first-order valence-corrected chi connectivity index (χ1v) is 5.69. The molecule has 0 aliphatic rings. The van der Waals surface area contributed by atoms with Crippen LogP contribution >= 0.6 is 0 Å².